The molecular weight excluding hydrogens is 380 g/mol. The Balaban J connectivity index is 1.88. The summed E-state index contributed by atoms with van der Waals surface area (Å²) in [5.41, 5.74) is 3.54. The first-order valence-corrected chi connectivity index (χ1v) is 8.30. The Kier molecular flexibility index (Phi) is 5.46. The lowest BCUT2D eigenvalue weighted by molar-refractivity contribution is 0.474. The zero-order valence-electron chi connectivity index (χ0n) is 13.4. The molecule has 0 aliphatic heterocycles. The molecule has 5 nitrogen and oxygen atoms in total. The smallest absolute Gasteiger partial charge is 0.251 e. The minimum atomic E-state index is -0.335. The van der Waals surface area contributed by atoms with E-state index in [0.29, 0.717) is 11.4 Å². The summed E-state index contributed by atoms with van der Waals surface area (Å²) in [6, 6.07) is 11.9. The first-order chi connectivity index (χ1) is 12.5. The zero-order valence-corrected chi connectivity index (χ0v) is 14.9. The highest BCUT2D eigenvalue weighted by atomic mass is 35.5. The Labute approximate surface area is 158 Å². The number of benzene rings is 2. The molecule has 0 bridgehead atoms. The van der Waals surface area contributed by atoms with Crippen molar-refractivity contribution < 1.29 is 9.13 Å². The lowest BCUT2D eigenvalue weighted by atomic mass is 10.2. The summed E-state index contributed by atoms with van der Waals surface area (Å²) in [5.74, 6) is 5.63. The number of aromatic nitrogens is 1. The summed E-state index contributed by atoms with van der Waals surface area (Å²) in [6.45, 7) is 0.272. The van der Waals surface area contributed by atoms with Gasteiger partial charge in [-0.2, -0.15) is 0 Å². The summed E-state index contributed by atoms with van der Waals surface area (Å²) >= 11 is 12.3. The molecule has 8 heteroatoms. The van der Waals surface area contributed by atoms with E-state index in [-0.39, 0.29) is 33.7 Å². The van der Waals surface area contributed by atoms with Crippen molar-refractivity contribution in [1.82, 2.24) is 4.57 Å². The van der Waals surface area contributed by atoms with Crippen molar-refractivity contribution in [3.8, 4) is 11.5 Å². The molecule has 0 atom stereocenters. The third kappa shape index (κ3) is 4.16. The van der Waals surface area contributed by atoms with Crippen molar-refractivity contribution in [3.63, 3.8) is 0 Å². The summed E-state index contributed by atoms with van der Waals surface area (Å²) in [4.78, 5) is 12.1. The largest absolute Gasteiger partial charge is 0.453 e. The van der Waals surface area contributed by atoms with Gasteiger partial charge in [0.05, 0.1) is 28.5 Å². The normalized spacial score (nSPS) is 10.6. The molecular formula is C18H14Cl2FN3O2. The number of anilines is 1. The van der Waals surface area contributed by atoms with Gasteiger partial charge in [0.1, 0.15) is 11.6 Å². The highest BCUT2D eigenvalue weighted by Crippen LogP contribution is 2.38. The SMILES string of the molecule is NNc1cc(Cl)c(Oc2ccc(=O)n(Cc3ccc(F)cc3)c2)c(Cl)c1. The van der Waals surface area contributed by atoms with E-state index in [9.17, 15) is 9.18 Å². The van der Waals surface area contributed by atoms with Crippen LogP contribution in [0.15, 0.2) is 59.5 Å². The van der Waals surface area contributed by atoms with E-state index in [1.54, 1.807) is 24.3 Å². The molecule has 0 aliphatic carbocycles. The van der Waals surface area contributed by atoms with Crippen LogP contribution in [-0.4, -0.2) is 4.57 Å². The Bertz CT molecular complexity index is 967. The Morgan fingerprint density at radius 3 is 2.35 bits per heavy atom. The van der Waals surface area contributed by atoms with Gasteiger partial charge >= 0.3 is 0 Å². The van der Waals surface area contributed by atoms with Crippen LogP contribution in [0.1, 0.15) is 5.56 Å². The lowest BCUT2D eigenvalue weighted by Gasteiger charge is -2.13. The van der Waals surface area contributed by atoms with Crippen molar-refractivity contribution in [1.29, 1.82) is 0 Å². The van der Waals surface area contributed by atoms with Gasteiger partial charge in [0, 0.05) is 6.07 Å². The van der Waals surface area contributed by atoms with Crippen LogP contribution in [0, 0.1) is 5.82 Å². The maximum atomic E-state index is 13.0. The quantitative estimate of drug-likeness (QED) is 0.497. The predicted octanol–water partition coefficient (Wildman–Crippen LogP) is 4.42. The average molecular weight is 394 g/mol. The molecule has 0 spiro atoms. The second kappa shape index (κ2) is 7.78. The van der Waals surface area contributed by atoms with Gasteiger partial charge in [-0.3, -0.25) is 10.6 Å². The van der Waals surface area contributed by atoms with Crippen LogP contribution >= 0.6 is 23.2 Å². The van der Waals surface area contributed by atoms with Gasteiger partial charge in [-0.25, -0.2) is 4.39 Å². The summed E-state index contributed by atoms with van der Waals surface area (Å²) in [6.07, 6.45) is 1.54. The number of hydrogen-bond donors (Lipinski definition) is 2. The van der Waals surface area contributed by atoms with Crippen LogP contribution in [0.25, 0.3) is 0 Å². The van der Waals surface area contributed by atoms with E-state index < -0.39 is 0 Å². The number of ether oxygens (including phenoxy) is 1. The third-order valence-corrected chi connectivity index (χ3v) is 4.17. The van der Waals surface area contributed by atoms with Crippen molar-refractivity contribution in [2.45, 2.75) is 6.54 Å². The number of halogens is 3. The van der Waals surface area contributed by atoms with E-state index in [0.717, 1.165) is 5.56 Å². The average Bonchev–Trinajstić information content (AvgIpc) is 2.62. The van der Waals surface area contributed by atoms with E-state index in [4.69, 9.17) is 33.8 Å². The number of nitrogens with one attached hydrogen (secondary N) is 1. The van der Waals surface area contributed by atoms with Crippen molar-refractivity contribution in [3.05, 3.63) is 86.5 Å². The van der Waals surface area contributed by atoms with Crippen LogP contribution in [0.2, 0.25) is 10.0 Å². The molecule has 0 radical (unpaired) electrons. The van der Waals surface area contributed by atoms with Gasteiger partial charge in [0.25, 0.3) is 5.56 Å². The molecule has 134 valence electrons. The van der Waals surface area contributed by atoms with Gasteiger partial charge in [-0.1, -0.05) is 35.3 Å². The summed E-state index contributed by atoms with van der Waals surface area (Å²) < 4.78 is 20.2. The molecule has 0 amide bonds. The van der Waals surface area contributed by atoms with Gasteiger partial charge in [-0.05, 0) is 35.9 Å². The fourth-order valence-corrected chi connectivity index (χ4v) is 2.90. The minimum Gasteiger partial charge on any atom is -0.453 e. The maximum Gasteiger partial charge on any atom is 0.251 e. The van der Waals surface area contributed by atoms with E-state index in [1.165, 1.54) is 35.0 Å². The minimum absolute atomic E-state index is 0.221. The molecule has 3 rings (SSSR count). The van der Waals surface area contributed by atoms with Gasteiger partial charge in [0.15, 0.2) is 5.75 Å². The molecule has 0 saturated carbocycles. The molecule has 0 unspecified atom stereocenters. The van der Waals surface area contributed by atoms with Crippen LogP contribution in [0.3, 0.4) is 0 Å². The topological polar surface area (TPSA) is 69.3 Å². The molecule has 3 N–H and O–H groups in total. The van der Waals surface area contributed by atoms with E-state index in [2.05, 4.69) is 5.43 Å². The Morgan fingerprint density at radius 2 is 1.73 bits per heavy atom. The van der Waals surface area contributed by atoms with Crippen LogP contribution < -0.4 is 21.6 Å². The summed E-state index contributed by atoms with van der Waals surface area (Å²) in [5, 5.41) is 0.531. The molecule has 26 heavy (non-hydrogen) atoms. The molecule has 3 aromatic rings. The highest BCUT2D eigenvalue weighted by Gasteiger charge is 2.12. The van der Waals surface area contributed by atoms with Crippen molar-refractivity contribution in [2.24, 2.45) is 5.84 Å². The van der Waals surface area contributed by atoms with Gasteiger partial charge in [0.2, 0.25) is 0 Å². The molecule has 2 aromatic carbocycles. The number of nitrogens with two attached hydrogens (primary N) is 1. The Hall–Kier alpha value is -2.54. The standard InChI is InChI=1S/C18H14Cl2FN3O2/c19-15-7-13(23-22)8-16(20)18(15)26-14-5-6-17(25)24(10-14)9-11-1-3-12(21)4-2-11/h1-8,10,23H,9,22H2. The first kappa shape index (κ1) is 18.3. The second-order valence-corrected chi connectivity index (χ2v) is 6.29. The fraction of sp³-hybridized carbons (Fsp3) is 0.0556. The number of nitrogen functional groups attached to an aromatic ring is 1. The highest BCUT2D eigenvalue weighted by molar-refractivity contribution is 6.37. The van der Waals surface area contributed by atoms with Crippen LogP contribution in [-0.2, 0) is 6.54 Å². The van der Waals surface area contributed by atoms with E-state index >= 15 is 0 Å². The number of nitrogens with zero attached hydrogens (tertiary/aromatic N) is 1. The predicted molar refractivity (Wildman–Crippen MR) is 101 cm³/mol. The monoisotopic (exact) mass is 393 g/mol. The zero-order chi connectivity index (χ0) is 18.7. The third-order valence-electron chi connectivity index (χ3n) is 3.61. The molecule has 0 saturated heterocycles. The number of hydrogen-bond acceptors (Lipinski definition) is 4. The Morgan fingerprint density at radius 1 is 1.08 bits per heavy atom. The molecule has 0 fully saturated rings. The second-order valence-electron chi connectivity index (χ2n) is 5.47. The molecule has 1 heterocycles. The van der Waals surface area contributed by atoms with E-state index in [1.807, 2.05) is 0 Å². The van der Waals surface area contributed by atoms with Gasteiger partial charge in [-0.15, -0.1) is 0 Å². The summed E-state index contributed by atoms with van der Waals surface area (Å²) in [7, 11) is 0. The lowest BCUT2D eigenvalue weighted by Crippen LogP contribution is -2.18. The van der Waals surface area contributed by atoms with Gasteiger partial charge < -0.3 is 14.7 Å². The van der Waals surface area contributed by atoms with Crippen LogP contribution in [0.4, 0.5) is 10.1 Å². The number of pyridine rings is 1. The first-order valence-electron chi connectivity index (χ1n) is 7.55. The fourth-order valence-electron chi connectivity index (χ4n) is 2.34. The number of rotatable bonds is 5. The number of hydrazine groups is 1. The molecule has 1 aromatic heterocycles. The van der Waals surface area contributed by atoms with Crippen molar-refractivity contribution >= 4 is 28.9 Å². The van der Waals surface area contributed by atoms with Crippen LogP contribution in [0.5, 0.6) is 11.5 Å². The van der Waals surface area contributed by atoms with Crippen molar-refractivity contribution in [2.75, 3.05) is 5.43 Å². The maximum absolute atomic E-state index is 13.0. The molecule has 0 aliphatic rings.